The highest BCUT2D eigenvalue weighted by Crippen LogP contribution is 2.39. The highest BCUT2D eigenvalue weighted by molar-refractivity contribution is 8.00. The van der Waals surface area contributed by atoms with Crippen LogP contribution in [0.15, 0.2) is 77.8 Å². The number of nitrogens with zero attached hydrogens (tertiary/aromatic N) is 2. The third kappa shape index (κ3) is 5.66. The normalized spacial score (nSPS) is 11.4. The molecule has 1 N–H and O–H groups in total. The summed E-state index contributed by atoms with van der Waals surface area (Å²) >= 11 is 1.27. The number of para-hydroxylation sites is 1. The maximum absolute atomic E-state index is 13.2. The lowest BCUT2D eigenvalue weighted by atomic mass is 9.99. The molecular formula is C31H29N3O3S. The fourth-order valence-corrected chi connectivity index (χ4v) is 5.09. The van der Waals surface area contributed by atoms with Gasteiger partial charge in [-0.15, -0.1) is 0 Å². The number of ether oxygens (including phenoxy) is 2. The van der Waals surface area contributed by atoms with Crippen LogP contribution in [0.1, 0.15) is 23.6 Å². The first kappa shape index (κ1) is 26.8. The van der Waals surface area contributed by atoms with Gasteiger partial charge in [-0.05, 0) is 55.7 Å². The summed E-state index contributed by atoms with van der Waals surface area (Å²) in [4.78, 5) is 18.1. The Bertz CT molecular complexity index is 1490. The zero-order chi connectivity index (χ0) is 27.2. The van der Waals surface area contributed by atoms with E-state index < -0.39 is 5.25 Å². The van der Waals surface area contributed by atoms with Gasteiger partial charge in [-0.3, -0.25) is 4.79 Å². The van der Waals surface area contributed by atoms with Crippen LogP contribution in [0.2, 0.25) is 0 Å². The first-order chi connectivity index (χ1) is 18.4. The van der Waals surface area contributed by atoms with Gasteiger partial charge in [0.05, 0.1) is 30.7 Å². The Morgan fingerprint density at radius 2 is 1.61 bits per heavy atom. The molecule has 7 heteroatoms. The van der Waals surface area contributed by atoms with Crippen molar-refractivity contribution in [3.8, 4) is 40.0 Å². The van der Waals surface area contributed by atoms with Gasteiger partial charge in [0.25, 0.3) is 0 Å². The molecule has 1 atom stereocenters. The number of nitriles is 1. The number of amides is 1. The molecule has 1 amide bonds. The largest absolute Gasteiger partial charge is 0.493 e. The molecule has 0 bridgehead atoms. The second-order valence-electron chi connectivity index (χ2n) is 8.80. The highest BCUT2D eigenvalue weighted by atomic mass is 32.2. The Morgan fingerprint density at radius 3 is 2.24 bits per heavy atom. The van der Waals surface area contributed by atoms with E-state index in [9.17, 15) is 10.1 Å². The van der Waals surface area contributed by atoms with Crippen molar-refractivity contribution in [3.05, 3.63) is 89.5 Å². The van der Waals surface area contributed by atoms with Crippen LogP contribution in [-0.2, 0) is 4.79 Å². The molecule has 1 unspecified atom stereocenters. The number of thioether (sulfide) groups is 1. The van der Waals surface area contributed by atoms with Gasteiger partial charge in [-0.1, -0.05) is 66.4 Å². The molecule has 4 aromatic rings. The molecule has 0 aliphatic rings. The van der Waals surface area contributed by atoms with Crippen LogP contribution in [-0.4, -0.2) is 30.4 Å². The molecule has 0 saturated carbocycles. The van der Waals surface area contributed by atoms with Crippen molar-refractivity contribution in [2.75, 3.05) is 19.5 Å². The lowest BCUT2D eigenvalue weighted by Gasteiger charge is -2.18. The first-order valence-electron chi connectivity index (χ1n) is 12.1. The van der Waals surface area contributed by atoms with Crippen molar-refractivity contribution in [2.24, 2.45) is 0 Å². The minimum absolute atomic E-state index is 0.157. The van der Waals surface area contributed by atoms with Crippen LogP contribution >= 0.6 is 11.8 Å². The second kappa shape index (κ2) is 11.8. The molecule has 6 nitrogen and oxygen atoms in total. The summed E-state index contributed by atoms with van der Waals surface area (Å²) in [6.45, 7) is 5.75. The molecule has 4 rings (SSSR count). The van der Waals surface area contributed by atoms with Gasteiger partial charge in [-0.2, -0.15) is 5.26 Å². The zero-order valence-electron chi connectivity index (χ0n) is 22.0. The summed E-state index contributed by atoms with van der Waals surface area (Å²) in [6.07, 6.45) is 0. The quantitative estimate of drug-likeness (QED) is 0.249. The molecule has 0 aliphatic carbocycles. The Hall–Kier alpha value is -4.28. The third-order valence-electron chi connectivity index (χ3n) is 6.25. The number of nitrogens with one attached hydrogen (secondary N) is 1. The van der Waals surface area contributed by atoms with Gasteiger partial charge >= 0.3 is 0 Å². The molecule has 0 spiro atoms. The van der Waals surface area contributed by atoms with E-state index in [-0.39, 0.29) is 5.91 Å². The van der Waals surface area contributed by atoms with Gasteiger partial charge in [0.15, 0.2) is 11.5 Å². The van der Waals surface area contributed by atoms with E-state index in [1.165, 1.54) is 11.8 Å². The summed E-state index contributed by atoms with van der Waals surface area (Å²) in [5.41, 5.74) is 6.30. The first-order valence-corrected chi connectivity index (χ1v) is 13.0. The minimum atomic E-state index is -0.502. The average Bonchev–Trinajstić information content (AvgIpc) is 2.94. The van der Waals surface area contributed by atoms with E-state index in [2.05, 4.69) is 11.4 Å². The fraction of sp³-hybridized carbons (Fsp3) is 0.194. The summed E-state index contributed by atoms with van der Waals surface area (Å²) < 4.78 is 10.9. The number of pyridine rings is 1. The number of hydrogen-bond acceptors (Lipinski definition) is 6. The monoisotopic (exact) mass is 523 g/mol. The maximum atomic E-state index is 13.2. The van der Waals surface area contributed by atoms with Gasteiger partial charge < -0.3 is 14.8 Å². The van der Waals surface area contributed by atoms with E-state index in [4.69, 9.17) is 14.5 Å². The number of methoxy groups -OCH3 is 2. The van der Waals surface area contributed by atoms with Gasteiger partial charge in [0, 0.05) is 16.8 Å². The number of benzene rings is 3. The topological polar surface area (TPSA) is 84.2 Å². The smallest absolute Gasteiger partial charge is 0.237 e. The van der Waals surface area contributed by atoms with Crippen LogP contribution in [0.4, 0.5) is 5.69 Å². The molecule has 0 radical (unpaired) electrons. The molecule has 192 valence electrons. The maximum Gasteiger partial charge on any atom is 0.237 e. The fourth-order valence-electron chi connectivity index (χ4n) is 4.16. The number of rotatable bonds is 8. The molecule has 1 aromatic heterocycles. The lowest BCUT2D eigenvalue weighted by molar-refractivity contribution is -0.115. The summed E-state index contributed by atoms with van der Waals surface area (Å²) in [7, 11) is 3.16. The lowest BCUT2D eigenvalue weighted by Crippen LogP contribution is -2.23. The molecule has 1 heterocycles. The van der Waals surface area contributed by atoms with E-state index in [1.54, 1.807) is 14.2 Å². The molecule has 0 fully saturated rings. The molecular weight excluding hydrogens is 494 g/mol. The zero-order valence-corrected chi connectivity index (χ0v) is 22.8. The molecule has 3 aromatic carbocycles. The Kier molecular flexibility index (Phi) is 8.35. The van der Waals surface area contributed by atoms with Gasteiger partial charge in [0.2, 0.25) is 5.91 Å². The van der Waals surface area contributed by atoms with E-state index in [0.29, 0.717) is 33.3 Å². The van der Waals surface area contributed by atoms with Crippen LogP contribution in [0.5, 0.6) is 11.5 Å². The minimum Gasteiger partial charge on any atom is -0.493 e. The van der Waals surface area contributed by atoms with Crippen molar-refractivity contribution in [2.45, 2.75) is 31.0 Å². The summed E-state index contributed by atoms with van der Waals surface area (Å²) in [5.74, 6) is 0.997. The van der Waals surface area contributed by atoms with Crippen LogP contribution in [0.25, 0.3) is 22.4 Å². The average molecular weight is 524 g/mol. The van der Waals surface area contributed by atoms with Crippen molar-refractivity contribution in [1.29, 1.82) is 5.26 Å². The van der Waals surface area contributed by atoms with Crippen molar-refractivity contribution >= 4 is 23.4 Å². The number of aryl methyl sites for hydroxylation is 2. The molecule has 38 heavy (non-hydrogen) atoms. The van der Waals surface area contributed by atoms with Crippen molar-refractivity contribution < 1.29 is 14.3 Å². The second-order valence-corrected chi connectivity index (χ2v) is 10.1. The number of hydrogen-bond donors (Lipinski definition) is 1. The molecule has 0 aliphatic heterocycles. The van der Waals surface area contributed by atoms with Crippen molar-refractivity contribution in [3.63, 3.8) is 0 Å². The van der Waals surface area contributed by atoms with Crippen LogP contribution in [0, 0.1) is 25.2 Å². The summed E-state index contributed by atoms with van der Waals surface area (Å²) in [6, 6.07) is 25.4. The van der Waals surface area contributed by atoms with E-state index in [0.717, 1.165) is 27.9 Å². The van der Waals surface area contributed by atoms with E-state index >= 15 is 0 Å². The van der Waals surface area contributed by atoms with Crippen LogP contribution < -0.4 is 14.8 Å². The Morgan fingerprint density at radius 1 is 0.921 bits per heavy atom. The van der Waals surface area contributed by atoms with Gasteiger partial charge in [0.1, 0.15) is 11.1 Å². The number of anilines is 1. The predicted octanol–water partition coefficient (Wildman–Crippen LogP) is 7.04. The Labute approximate surface area is 227 Å². The Balaban J connectivity index is 1.78. The number of carbonyl (C=O) groups is 1. The number of aromatic nitrogens is 1. The van der Waals surface area contributed by atoms with Gasteiger partial charge in [-0.25, -0.2) is 4.98 Å². The standard InChI is InChI=1S/C31H29N3O3S/c1-19-10-9-11-20(2)29(19)34-30(35)21(3)38-31-25(18-32)24(17-26(33-31)22-12-7-6-8-13-22)23-14-15-27(36-4)28(16-23)37-5/h6-17,21H,1-5H3,(H,34,35). The predicted molar refractivity (Wildman–Crippen MR) is 153 cm³/mol. The highest BCUT2D eigenvalue weighted by Gasteiger charge is 2.23. The van der Waals surface area contributed by atoms with E-state index in [1.807, 2.05) is 93.6 Å². The summed E-state index contributed by atoms with van der Waals surface area (Å²) in [5, 5.41) is 13.3. The molecule has 0 saturated heterocycles. The SMILES string of the molecule is COc1ccc(-c2cc(-c3ccccc3)nc(SC(C)C(=O)Nc3c(C)cccc3C)c2C#N)cc1OC. The number of carbonyl (C=O) groups excluding carboxylic acids is 1. The third-order valence-corrected chi connectivity index (χ3v) is 7.34. The van der Waals surface area contributed by atoms with Crippen molar-refractivity contribution in [1.82, 2.24) is 4.98 Å². The van der Waals surface area contributed by atoms with Crippen LogP contribution in [0.3, 0.4) is 0 Å².